The van der Waals surface area contributed by atoms with Crippen LogP contribution in [0, 0.1) is 5.82 Å². The second kappa shape index (κ2) is 5.81. The van der Waals surface area contributed by atoms with Gasteiger partial charge in [0.1, 0.15) is 5.82 Å². The molecule has 102 valence electrons. The van der Waals surface area contributed by atoms with Crippen molar-refractivity contribution in [2.24, 2.45) is 5.73 Å². The van der Waals surface area contributed by atoms with E-state index in [1.54, 1.807) is 11.8 Å². The van der Waals surface area contributed by atoms with E-state index in [9.17, 15) is 4.39 Å². The van der Waals surface area contributed by atoms with Gasteiger partial charge in [-0.1, -0.05) is 23.9 Å². The van der Waals surface area contributed by atoms with E-state index >= 15 is 0 Å². The first-order chi connectivity index (χ1) is 9.76. The second-order valence-corrected chi connectivity index (χ2v) is 5.99. The maximum Gasteiger partial charge on any atom is 0.123 e. The van der Waals surface area contributed by atoms with Crippen LogP contribution in [0.4, 0.5) is 4.39 Å². The first-order valence-corrected chi connectivity index (χ1v) is 7.54. The molecule has 0 aromatic heterocycles. The summed E-state index contributed by atoms with van der Waals surface area (Å²) in [6.07, 6.45) is 4.36. The van der Waals surface area contributed by atoms with Crippen molar-refractivity contribution in [3.8, 4) is 0 Å². The topological polar surface area (TPSA) is 26.0 Å². The van der Waals surface area contributed by atoms with E-state index in [0.29, 0.717) is 6.54 Å². The highest BCUT2D eigenvalue weighted by molar-refractivity contribution is 7.99. The average molecular weight is 285 g/mol. The molecule has 0 unspecified atom stereocenters. The third-order valence-electron chi connectivity index (χ3n) is 3.50. The molecule has 0 atom stereocenters. The number of benzene rings is 2. The molecular formula is C17H16FNS. The number of allylic oxidation sites excluding steroid dienone is 1. The van der Waals surface area contributed by atoms with Gasteiger partial charge in [0.05, 0.1) is 0 Å². The Balaban J connectivity index is 1.86. The fourth-order valence-corrected chi connectivity index (χ4v) is 3.38. The Morgan fingerprint density at radius 2 is 1.80 bits per heavy atom. The normalized spacial score (nSPS) is 13.8. The fraction of sp³-hybridized carbons (Fsp3) is 0.176. The number of fused-ring (bicyclic) bond motifs is 1. The van der Waals surface area contributed by atoms with Gasteiger partial charge in [-0.15, -0.1) is 0 Å². The molecule has 0 saturated carbocycles. The van der Waals surface area contributed by atoms with Crippen LogP contribution in [-0.4, -0.2) is 6.54 Å². The lowest BCUT2D eigenvalue weighted by Crippen LogP contribution is -2.08. The van der Waals surface area contributed by atoms with Crippen LogP contribution in [0.25, 0.3) is 5.57 Å². The molecule has 0 aliphatic heterocycles. The molecule has 1 aliphatic rings. The van der Waals surface area contributed by atoms with Crippen molar-refractivity contribution >= 4 is 17.3 Å². The minimum atomic E-state index is -0.197. The van der Waals surface area contributed by atoms with E-state index in [4.69, 9.17) is 5.73 Å². The number of halogens is 1. The Morgan fingerprint density at radius 1 is 1.05 bits per heavy atom. The zero-order valence-corrected chi connectivity index (χ0v) is 11.9. The predicted molar refractivity (Wildman–Crippen MR) is 82.3 cm³/mol. The molecule has 0 radical (unpaired) electrons. The van der Waals surface area contributed by atoms with Crippen LogP contribution in [0.1, 0.15) is 17.5 Å². The van der Waals surface area contributed by atoms with Crippen LogP contribution in [0.5, 0.6) is 0 Å². The second-order valence-electron chi connectivity index (χ2n) is 4.85. The minimum Gasteiger partial charge on any atom is -0.326 e. The summed E-state index contributed by atoms with van der Waals surface area (Å²) in [5, 5.41) is 0. The Labute approximate surface area is 122 Å². The number of rotatable bonds is 3. The van der Waals surface area contributed by atoms with E-state index in [2.05, 4.69) is 24.3 Å². The molecule has 1 aliphatic carbocycles. The largest absolute Gasteiger partial charge is 0.326 e. The summed E-state index contributed by atoms with van der Waals surface area (Å²) in [4.78, 5) is 2.24. The third-order valence-corrected chi connectivity index (χ3v) is 4.49. The molecule has 0 spiro atoms. The van der Waals surface area contributed by atoms with Gasteiger partial charge in [0.15, 0.2) is 0 Å². The first-order valence-electron chi connectivity index (χ1n) is 6.72. The van der Waals surface area contributed by atoms with Gasteiger partial charge in [-0.05, 0) is 65.9 Å². The molecule has 2 aromatic rings. The molecule has 0 heterocycles. The van der Waals surface area contributed by atoms with Crippen molar-refractivity contribution in [2.75, 3.05) is 6.54 Å². The monoisotopic (exact) mass is 285 g/mol. The van der Waals surface area contributed by atoms with Crippen molar-refractivity contribution < 1.29 is 4.39 Å². The lowest BCUT2D eigenvalue weighted by molar-refractivity contribution is 0.626. The van der Waals surface area contributed by atoms with Crippen LogP contribution in [0.15, 0.2) is 58.3 Å². The van der Waals surface area contributed by atoms with E-state index in [-0.39, 0.29) is 5.82 Å². The summed E-state index contributed by atoms with van der Waals surface area (Å²) in [5.74, 6) is -0.197. The molecule has 3 heteroatoms. The van der Waals surface area contributed by atoms with E-state index < -0.39 is 0 Å². The Kier molecular flexibility index (Phi) is 3.90. The van der Waals surface area contributed by atoms with E-state index in [0.717, 1.165) is 17.7 Å². The van der Waals surface area contributed by atoms with E-state index in [1.165, 1.54) is 33.7 Å². The molecule has 0 bridgehead atoms. The molecule has 2 aromatic carbocycles. The average Bonchev–Trinajstić information content (AvgIpc) is 2.49. The van der Waals surface area contributed by atoms with Crippen LogP contribution >= 0.6 is 11.8 Å². The minimum absolute atomic E-state index is 0.197. The van der Waals surface area contributed by atoms with Gasteiger partial charge in [-0.2, -0.15) is 0 Å². The van der Waals surface area contributed by atoms with Gasteiger partial charge in [-0.3, -0.25) is 0 Å². The zero-order valence-electron chi connectivity index (χ0n) is 11.1. The first kappa shape index (κ1) is 13.4. The summed E-state index contributed by atoms with van der Waals surface area (Å²) in [7, 11) is 0. The van der Waals surface area contributed by atoms with Crippen LogP contribution < -0.4 is 5.73 Å². The maximum absolute atomic E-state index is 12.9. The van der Waals surface area contributed by atoms with Crippen LogP contribution in [0.2, 0.25) is 0 Å². The Morgan fingerprint density at radius 3 is 2.55 bits per heavy atom. The number of hydrogen-bond acceptors (Lipinski definition) is 2. The van der Waals surface area contributed by atoms with Gasteiger partial charge < -0.3 is 5.73 Å². The zero-order chi connectivity index (χ0) is 13.9. The maximum atomic E-state index is 12.9. The fourth-order valence-electron chi connectivity index (χ4n) is 2.50. The molecule has 1 nitrogen and oxygen atoms in total. The number of aryl methyl sites for hydroxylation is 1. The molecule has 20 heavy (non-hydrogen) atoms. The highest BCUT2D eigenvalue weighted by atomic mass is 32.2. The molecule has 0 fully saturated rings. The molecule has 3 rings (SSSR count). The van der Waals surface area contributed by atoms with Gasteiger partial charge in [0.25, 0.3) is 0 Å². The van der Waals surface area contributed by atoms with Gasteiger partial charge in [0, 0.05) is 16.3 Å². The van der Waals surface area contributed by atoms with Crippen molar-refractivity contribution in [3.63, 3.8) is 0 Å². The van der Waals surface area contributed by atoms with E-state index in [1.807, 2.05) is 12.1 Å². The van der Waals surface area contributed by atoms with Crippen LogP contribution in [0.3, 0.4) is 0 Å². The van der Waals surface area contributed by atoms with Gasteiger partial charge in [-0.25, -0.2) is 4.39 Å². The highest BCUT2D eigenvalue weighted by Gasteiger charge is 2.12. The van der Waals surface area contributed by atoms with Crippen molar-refractivity contribution in [1.29, 1.82) is 0 Å². The quantitative estimate of drug-likeness (QED) is 0.911. The van der Waals surface area contributed by atoms with Crippen molar-refractivity contribution in [3.05, 3.63) is 65.5 Å². The lowest BCUT2D eigenvalue weighted by atomic mass is 9.91. The molecule has 0 amide bonds. The molecule has 0 saturated heterocycles. The lowest BCUT2D eigenvalue weighted by Gasteiger charge is -2.17. The van der Waals surface area contributed by atoms with Crippen molar-refractivity contribution in [1.82, 2.24) is 0 Å². The highest BCUT2D eigenvalue weighted by Crippen LogP contribution is 2.33. The summed E-state index contributed by atoms with van der Waals surface area (Å²) in [5.41, 5.74) is 9.67. The summed E-state index contributed by atoms with van der Waals surface area (Å²) >= 11 is 1.66. The van der Waals surface area contributed by atoms with Gasteiger partial charge >= 0.3 is 0 Å². The molecule has 2 N–H and O–H groups in total. The van der Waals surface area contributed by atoms with Crippen LogP contribution in [-0.2, 0) is 6.42 Å². The standard InChI is InChI=1S/C17H16FNS/c18-14-4-6-15(7-5-14)20-16-8-9-17-12(10-16)2-1-3-13(17)11-19/h3-10H,1-2,11,19H2. The molecular weight excluding hydrogens is 269 g/mol. The number of nitrogens with two attached hydrogens (primary N) is 1. The Hall–Kier alpha value is -1.58. The number of hydrogen-bond donors (Lipinski definition) is 1. The summed E-state index contributed by atoms with van der Waals surface area (Å²) in [6, 6.07) is 13.1. The summed E-state index contributed by atoms with van der Waals surface area (Å²) in [6.45, 7) is 0.595. The SMILES string of the molecule is NCC1=CCCc2cc(Sc3ccc(F)cc3)ccc21. The third kappa shape index (κ3) is 2.79. The van der Waals surface area contributed by atoms with Gasteiger partial charge in [0.2, 0.25) is 0 Å². The smallest absolute Gasteiger partial charge is 0.123 e. The predicted octanol–water partition coefficient (Wildman–Crippen LogP) is 4.27. The summed E-state index contributed by atoms with van der Waals surface area (Å²) < 4.78 is 12.9. The van der Waals surface area contributed by atoms with Crippen molar-refractivity contribution in [2.45, 2.75) is 22.6 Å². The Bertz CT molecular complexity index is 647.